The number of amides is 2. The lowest BCUT2D eigenvalue weighted by Crippen LogP contribution is -2.31. The van der Waals surface area contributed by atoms with Crippen LogP contribution in [-0.2, 0) is 14.3 Å². The first kappa shape index (κ1) is 18.5. The standard InChI is InChI=1S/C19H22N2O4/c1-13-7-6-8-15(11-13)20-18(22)12-25-14(2)19(23)21-16-9-4-5-10-17(16)24-3/h4-11,14H,12H2,1-3H3,(H,20,22)(H,21,23). The van der Waals surface area contributed by atoms with Crippen molar-refractivity contribution in [1.29, 1.82) is 0 Å². The lowest BCUT2D eigenvalue weighted by molar-refractivity contribution is -0.131. The van der Waals surface area contributed by atoms with Gasteiger partial charge in [0.15, 0.2) is 0 Å². The molecule has 0 aliphatic rings. The van der Waals surface area contributed by atoms with E-state index < -0.39 is 6.10 Å². The molecule has 1 unspecified atom stereocenters. The maximum atomic E-state index is 12.2. The Morgan fingerprint density at radius 3 is 2.56 bits per heavy atom. The predicted octanol–water partition coefficient (Wildman–Crippen LogP) is 2.99. The fourth-order valence-corrected chi connectivity index (χ4v) is 2.18. The van der Waals surface area contributed by atoms with Crippen molar-refractivity contribution < 1.29 is 19.1 Å². The predicted molar refractivity (Wildman–Crippen MR) is 96.8 cm³/mol. The summed E-state index contributed by atoms with van der Waals surface area (Å²) in [5, 5.41) is 5.45. The van der Waals surface area contributed by atoms with Gasteiger partial charge in [-0.05, 0) is 43.7 Å². The number of hydrogen-bond acceptors (Lipinski definition) is 4. The fourth-order valence-electron chi connectivity index (χ4n) is 2.18. The number of carbonyl (C=O) groups excluding carboxylic acids is 2. The molecule has 2 aromatic carbocycles. The van der Waals surface area contributed by atoms with E-state index in [1.54, 1.807) is 31.2 Å². The quantitative estimate of drug-likeness (QED) is 0.811. The number of nitrogens with one attached hydrogen (secondary N) is 2. The van der Waals surface area contributed by atoms with E-state index in [1.807, 2.05) is 31.2 Å². The van der Waals surface area contributed by atoms with Gasteiger partial charge < -0.3 is 20.1 Å². The normalized spacial score (nSPS) is 11.5. The Kier molecular flexibility index (Phi) is 6.54. The van der Waals surface area contributed by atoms with Crippen LogP contribution < -0.4 is 15.4 Å². The summed E-state index contributed by atoms with van der Waals surface area (Å²) in [6, 6.07) is 14.5. The molecule has 0 saturated carbocycles. The Balaban J connectivity index is 1.83. The van der Waals surface area contributed by atoms with Crippen molar-refractivity contribution in [3.63, 3.8) is 0 Å². The maximum Gasteiger partial charge on any atom is 0.253 e. The molecule has 2 N–H and O–H groups in total. The molecular formula is C19H22N2O4. The van der Waals surface area contributed by atoms with Crippen LogP contribution in [0.25, 0.3) is 0 Å². The second kappa shape index (κ2) is 8.84. The Morgan fingerprint density at radius 2 is 1.84 bits per heavy atom. The second-order valence-electron chi connectivity index (χ2n) is 5.56. The van der Waals surface area contributed by atoms with Crippen LogP contribution in [0.4, 0.5) is 11.4 Å². The summed E-state index contributed by atoms with van der Waals surface area (Å²) < 4.78 is 10.5. The zero-order valence-electron chi connectivity index (χ0n) is 14.5. The smallest absolute Gasteiger partial charge is 0.253 e. The van der Waals surface area contributed by atoms with Gasteiger partial charge in [-0.2, -0.15) is 0 Å². The molecular weight excluding hydrogens is 320 g/mol. The molecule has 0 saturated heterocycles. The molecule has 6 nitrogen and oxygen atoms in total. The minimum absolute atomic E-state index is 0.214. The molecule has 0 aliphatic carbocycles. The number of ether oxygens (including phenoxy) is 2. The van der Waals surface area contributed by atoms with Crippen molar-refractivity contribution in [1.82, 2.24) is 0 Å². The summed E-state index contributed by atoms with van der Waals surface area (Å²) in [7, 11) is 1.53. The van der Waals surface area contributed by atoms with Crippen molar-refractivity contribution >= 4 is 23.2 Å². The molecule has 0 heterocycles. The average molecular weight is 342 g/mol. The van der Waals surface area contributed by atoms with Crippen LogP contribution in [0.2, 0.25) is 0 Å². The van der Waals surface area contributed by atoms with E-state index in [4.69, 9.17) is 9.47 Å². The van der Waals surface area contributed by atoms with Gasteiger partial charge in [-0.1, -0.05) is 24.3 Å². The number of hydrogen-bond donors (Lipinski definition) is 2. The molecule has 0 aromatic heterocycles. The molecule has 0 aliphatic heterocycles. The van der Waals surface area contributed by atoms with Gasteiger partial charge >= 0.3 is 0 Å². The van der Waals surface area contributed by atoms with Gasteiger partial charge in [0.1, 0.15) is 18.5 Å². The first-order valence-electron chi connectivity index (χ1n) is 7.91. The van der Waals surface area contributed by atoms with Crippen molar-refractivity contribution in [3.8, 4) is 5.75 Å². The summed E-state index contributed by atoms with van der Waals surface area (Å²) in [5.74, 6) is -0.115. The highest BCUT2D eigenvalue weighted by Gasteiger charge is 2.16. The van der Waals surface area contributed by atoms with Crippen LogP contribution in [0.5, 0.6) is 5.75 Å². The van der Waals surface area contributed by atoms with Gasteiger partial charge in [0.05, 0.1) is 12.8 Å². The number of benzene rings is 2. The number of aryl methyl sites for hydroxylation is 1. The van der Waals surface area contributed by atoms with Crippen molar-refractivity contribution in [2.45, 2.75) is 20.0 Å². The zero-order chi connectivity index (χ0) is 18.2. The second-order valence-corrected chi connectivity index (χ2v) is 5.56. The summed E-state index contributed by atoms with van der Waals surface area (Å²) >= 11 is 0. The third-order valence-corrected chi connectivity index (χ3v) is 3.50. The highest BCUT2D eigenvalue weighted by molar-refractivity contribution is 5.96. The van der Waals surface area contributed by atoms with Crippen LogP contribution in [0.15, 0.2) is 48.5 Å². The summed E-state index contributed by atoms with van der Waals surface area (Å²) in [6.07, 6.45) is -0.784. The van der Waals surface area contributed by atoms with Crippen LogP contribution in [0.1, 0.15) is 12.5 Å². The van der Waals surface area contributed by atoms with Gasteiger partial charge in [-0.3, -0.25) is 9.59 Å². The van der Waals surface area contributed by atoms with E-state index in [9.17, 15) is 9.59 Å². The molecule has 2 rings (SSSR count). The molecule has 0 bridgehead atoms. The zero-order valence-corrected chi connectivity index (χ0v) is 14.5. The lowest BCUT2D eigenvalue weighted by atomic mass is 10.2. The summed E-state index contributed by atoms with van der Waals surface area (Å²) in [4.78, 5) is 24.1. The molecule has 0 spiro atoms. The van der Waals surface area contributed by atoms with Gasteiger partial charge in [0.2, 0.25) is 5.91 Å². The van der Waals surface area contributed by atoms with Gasteiger partial charge in [0, 0.05) is 5.69 Å². The Hall–Kier alpha value is -2.86. The minimum Gasteiger partial charge on any atom is -0.495 e. The number of methoxy groups -OCH3 is 1. The first-order valence-corrected chi connectivity index (χ1v) is 7.91. The molecule has 6 heteroatoms. The van der Waals surface area contributed by atoms with Gasteiger partial charge in [0.25, 0.3) is 5.91 Å². The SMILES string of the molecule is COc1ccccc1NC(=O)C(C)OCC(=O)Nc1cccc(C)c1. The van der Waals surface area contributed by atoms with Gasteiger partial charge in [-0.15, -0.1) is 0 Å². The van der Waals surface area contributed by atoms with Crippen LogP contribution in [-0.4, -0.2) is 31.6 Å². The van der Waals surface area contributed by atoms with Crippen LogP contribution >= 0.6 is 0 Å². The monoisotopic (exact) mass is 342 g/mol. The Bertz CT molecular complexity index is 746. The lowest BCUT2D eigenvalue weighted by Gasteiger charge is -2.15. The molecule has 2 aromatic rings. The highest BCUT2D eigenvalue weighted by atomic mass is 16.5. The number of rotatable bonds is 7. The molecule has 132 valence electrons. The minimum atomic E-state index is -0.784. The highest BCUT2D eigenvalue weighted by Crippen LogP contribution is 2.23. The third-order valence-electron chi connectivity index (χ3n) is 3.50. The Morgan fingerprint density at radius 1 is 1.08 bits per heavy atom. The average Bonchev–Trinajstić information content (AvgIpc) is 2.60. The maximum absolute atomic E-state index is 12.2. The van der Waals surface area contributed by atoms with E-state index in [0.29, 0.717) is 17.1 Å². The van der Waals surface area contributed by atoms with Crippen molar-refractivity contribution in [2.75, 3.05) is 24.4 Å². The molecule has 0 radical (unpaired) electrons. The number of anilines is 2. The van der Waals surface area contributed by atoms with Crippen molar-refractivity contribution in [2.24, 2.45) is 0 Å². The van der Waals surface area contributed by atoms with Crippen LogP contribution in [0.3, 0.4) is 0 Å². The number of para-hydroxylation sites is 2. The van der Waals surface area contributed by atoms with Crippen molar-refractivity contribution in [3.05, 3.63) is 54.1 Å². The third kappa shape index (κ3) is 5.61. The first-order chi connectivity index (χ1) is 12.0. The largest absolute Gasteiger partial charge is 0.495 e. The summed E-state index contributed by atoms with van der Waals surface area (Å²) in [5.41, 5.74) is 2.29. The number of carbonyl (C=O) groups is 2. The van der Waals surface area contributed by atoms with Gasteiger partial charge in [-0.25, -0.2) is 0 Å². The van der Waals surface area contributed by atoms with E-state index in [1.165, 1.54) is 7.11 Å². The topological polar surface area (TPSA) is 76.7 Å². The van der Waals surface area contributed by atoms with E-state index in [-0.39, 0.29) is 18.4 Å². The molecule has 25 heavy (non-hydrogen) atoms. The Labute approximate surface area is 147 Å². The fraction of sp³-hybridized carbons (Fsp3) is 0.263. The molecule has 0 fully saturated rings. The van der Waals surface area contributed by atoms with E-state index in [0.717, 1.165) is 5.56 Å². The van der Waals surface area contributed by atoms with Crippen LogP contribution in [0, 0.1) is 6.92 Å². The van der Waals surface area contributed by atoms with E-state index >= 15 is 0 Å². The molecule has 2 amide bonds. The van der Waals surface area contributed by atoms with E-state index in [2.05, 4.69) is 10.6 Å². The summed E-state index contributed by atoms with van der Waals surface area (Å²) in [6.45, 7) is 3.32. The molecule has 1 atom stereocenters.